The minimum Gasteiger partial charge on any atom is -0.870 e. The second-order valence-electron chi connectivity index (χ2n) is 1.08. The molecule has 126 valence electrons. The summed E-state index contributed by atoms with van der Waals surface area (Å²) in [6.07, 6.45) is 0. The molecule has 14 heteroatoms. The van der Waals surface area contributed by atoms with Gasteiger partial charge in [-0.15, -0.1) is 17.0 Å². The molecular weight excluding hydrogens is 553 g/mol. The van der Waals surface area contributed by atoms with E-state index in [0.717, 1.165) is 0 Å². The summed E-state index contributed by atoms with van der Waals surface area (Å²) in [4.78, 5) is 20.4. The van der Waals surface area contributed by atoms with Crippen molar-refractivity contribution >= 4 is 62.3 Å². The van der Waals surface area contributed by atoms with Crippen molar-refractivity contribution in [3.8, 4) is 0 Å². The van der Waals surface area contributed by atoms with Crippen LogP contribution in [0.3, 0.4) is 0 Å². The van der Waals surface area contributed by atoms with E-state index in [1.807, 2.05) is 4.93 Å². The number of rotatable bonds is 0. The molecule has 0 aliphatic carbocycles. The Bertz CT molecular complexity index is 109. The van der Waals surface area contributed by atoms with Crippen LogP contribution < -0.4 is 41.4 Å². The Morgan fingerprint density at radius 1 is 1.00 bits per heavy atom. The third-order valence-electron chi connectivity index (χ3n) is 0. The molecule has 0 aromatic heterocycles. The Hall–Kier alpha value is 5.26. The van der Waals surface area contributed by atoms with Gasteiger partial charge in [0, 0.05) is 127 Å². The van der Waals surface area contributed by atoms with E-state index in [1.54, 1.807) is 0 Å². The van der Waals surface area contributed by atoms with E-state index in [9.17, 15) is 9.59 Å². The quantitative estimate of drug-likeness (QED) is 0.138. The molecule has 19 heavy (non-hydrogen) atoms. The van der Waals surface area contributed by atoms with Gasteiger partial charge in [-0.05, 0) is 16.5 Å². The summed E-state index contributed by atoms with van der Waals surface area (Å²) in [5.41, 5.74) is 4.47. The van der Waals surface area contributed by atoms with Crippen LogP contribution in [0.2, 0.25) is 0 Å². The van der Waals surface area contributed by atoms with Crippen LogP contribution in [0.1, 0.15) is 13.8 Å². The molecule has 0 heterocycles. The van der Waals surface area contributed by atoms with E-state index in [1.165, 1.54) is 13.8 Å². The van der Waals surface area contributed by atoms with Crippen molar-refractivity contribution in [2.24, 2.45) is 5.73 Å². The van der Waals surface area contributed by atoms with Gasteiger partial charge in [-0.25, -0.2) is 0 Å². The number of carbonyl (C=O) groups excluding carboxylic acids is 2. The molecule has 0 saturated carbocycles. The third kappa shape index (κ3) is 380. The predicted octanol–water partition coefficient (Wildman–Crippen LogP) is -2.77. The number of amides is 1. The maximum Gasteiger partial charge on any atom is 1.00 e. The maximum absolute atomic E-state index is 9.22. The first kappa shape index (κ1) is 87.3. The maximum atomic E-state index is 9.22. The van der Waals surface area contributed by atoms with Crippen molar-refractivity contribution in [3.63, 3.8) is 0 Å². The smallest absolute Gasteiger partial charge is 0.870 e. The summed E-state index contributed by atoms with van der Waals surface area (Å²) in [5, 5.41) is -0.361. The molecule has 0 aliphatic heterocycles. The van der Waals surface area contributed by atoms with Gasteiger partial charge in [0.1, 0.15) is 0 Å². The van der Waals surface area contributed by atoms with Crippen molar-refractivity contribution in [2.75, 3.05) is 4.93 Å². The number of alkyl halides is 1. The zero-order valence-electron chi connectivity index (χ0n) is 10.8. The first-order chi connectivity index (χ1) is 4.46. The summed E-state index contributed by atoms with van der Waals surface area (Å²) in [6.45, 7) is 2.60. The molecule has 0 radical (unpaired) electrons. The molecule has 0 saturated heterocycles. The van der Waals surface area contributed by atoms with E-state index >= 15 is 0 Å². The second kappa shape index (κ2) is 90.9. The first-order valence-electron chi connectivity index (χ1n) is 2.26. The van der Waals surface area contributed by atoms with Crippen LogP contribution in [-0.4, -0.2) is 32.5 Å². The van der Waals surface area contributed by atoms with Crippen molar-refractivity contribution in [3.05, 3.63) is 0 Å². The number of hydrogen-bond acceptors (Lipinski definition) is 4. The Morgan fingerprint density at radius 3 is 1.00 bits per heavy atom. The Morgan fingerprint density at radius 2 is 1.00 bits per heavy atom. The van der Waals surface area contributed by atoms with Gasteiger partial charge in [-0.1, -0.05) is 22.6 Å². The van der Waals surface area contributed by atoms with E-state index in [2.05, 4.69) is 39.9 Å². The van der Waals surface area contributed by atoms with E-state index in [0.29, 0.717) is 0 Å². The zero-order valence-corrected chi connectivity index (χ0v) is 19.5. The van der Waals surface area contributed by atoms with Gasteiger partial charge in [0.2, 0.25) is 11.1 Å². The summed E-state index contributed by atoms with van der Waals surface area (Å²) in [6, 6.07) is 0. The minimum atomic E-state index is -0.361. The van der Waals surface area contributed by atoms with Gasteiger partial charge in [0.15, 0.2) is 0 Å². The average Bonchev–Trinajstić information content (AvgIpc) is 1.66. The fraction of sp³-hybridized carbons (Fsp3) is 0.600. The average molecular weight is 573 g/mol. The van der Waals surface area contributed by atoms with E-state index in [4.69, 9.17) is 0 Å². The number of primary amides is 1. The van der Waals surface area contributed by atoms with Crippen LogP contribution in [0.4, 0.5) is 0 Å². The molecule has 0 rings (SSSR count). The normalized spacial score (nSPS) is 3.00. The van der Waals surface area contributed by atoms with Crippen LogP contribution >= 0.6 is 51.2 Å². The Kier molecular flexibility index (Phi) is 418. The molecule has 0 unspecified atom stereocenters. The molecule has 0 spiro atoms. The largest absolute Gasteiger partial charge is 1.00 e. The molecule has 10 N–H and O–H groups in total. The molecule has 0 aromatic rings. The fourth-order valence-corrected chi connectivity index (χ4v) is 0. The van der Waals surface area contributed by atoms with Gasteiger partial charge in [0.25, 0.3) is 0 Å². The summed E-state index contributed by atoms with van der Waals surface area (Å²) < 4.78 is 0. The third-order valence-corrected chi connectivity index (χ3v) is 0. The second-order valence-corrected chi connectivity index (χ2v) is 1.61. The van der Waals surface area contributed by atoms with Gasteiger partial charge < -0.3 is 28.3 Å². The first-order valence-corrected chi connectivity index (χ1v) is 4.80. The topological polar surface area (TPSA) is 188 Å². The molecule has 0 aliphatic rings. The van der Waals surface area contributed by atoms with Crippen molar-refractivity contribution in [1.29, 1.82) is 0 Å². The Balaban J connectivity index is -0.00000000321. The SMILES string of the molecule is Br.CC(=O)Cl.CC(N)=O.CI.N.O.O.[Ar].[Ar].[Ar].[Na+].[OH-]. The molecular formula is C5H20Ar3BrClIN2NaO5. The van der Waals surface area contributed by atoms with Gasteiger partial charge in [-0.3, -0.25) is 9.59 Å². The summed E-state index contributed by atoms with van der Waals surface area (Å²) in [5.74, 6) is -0.333. The number of carbonyl (C=O) groups is 2. The monoisotopic (exact) mass is 572 g/mol. The fourth-order valence-electron chi connectivity index (χ4n) is 0. The van der Waals surface area contributed by atoms with Crippen LogP contribution in [0.25, 0.3) is 0 Å². The standard InChI is InChI=1S/C2H3ClO.C2H5NO.CH3I.3Ar.BrH.H3N.Na.3H2O/c2*1-2(3)4;1-2;;;;;;;;;/h1H3;1H3,(H2,3,4);1H3;;;;1H;1H3;;3*1H2/q;;;;;;;;+1;;;/p-1. The van der Waals surface area contributed by atoms with E-state index in [-0.39, 0.29) is 193 Å². The van der Waals surface area contributed by atoms with Gasteiger partial charge in [0.05, 0.1) is 0 Å². The van der Waals surface area contributed by atoms with E-state index < -0.39 is 0 Å². The molecule has 7 nitrogen and oxygen atoms in total. The van der Waals surface area contributed by atoms with Crippen LogP contribution in [0.15, 0.2) is 0 Å². The van der Waals surface area contributed by atoms with Crippen LogP contribution in [0.5, 0.6) is 0 Å². The Labute approximate surface area is 255 Å². The number of hydrogen-bond donors (Lipinski definition) is 2. The van der Waals surface area contributed by atoms with Crippen molar-refractivity contribution < 1.29 is 169 Å². The number of nitrogens with two attached hydrogens (primary N) is 1. The number of halogens is 3. The van der Waals surface area contributed by atoms with Crippen LogP contribution in [0, 0.1) is 113 Å². The summed E-state index contributed by atoms with van der Waals surface area (Å²) >= 11 is 6.79. The van der Waals surface area contributed by atoms with Gasteiger partial charge in [-0.2, -0.15) is 0 Å². The zero-order chi connectivity index (χ0) is 9.15. The van der Waals surface area contributed by atoms with Crippen molar-refractivity contribution in [2.45, 2.75) is 13.8 Å². The van der Waals surface area contributed by atoms with Crippen LogP contribution in [-0.2, 0) is 9.59 Å². The molecule has 0 bridgehead atoms. The molecule has 0 fully saturated rings. The van der Waals surface area contributed by atoms with Crippen molar-refractivity contribution in [1.82, 2.24) is 6.15 Å². The summed E-state index contributed by atoms with van der Waals surface area (Å²) in [7, 11) is 0. The predicted molar refractivity (Wildman–Crippen MR) is 75.9 cm³/mol. The minimum absolute atomic E-state index is 0. The molecule has 0 atom stereocenters. The molecule has 0 aromatic carbocycles. The molecule has 1 amide bonds. The van der Waals surface area contributed by atoms with Gasteiger partial charge >= 0.3 is 29.6 Å².